The SMILES string of the molecule is COc1cccc2c1CCN1C(=O)CNCC=C21. The van der Waals surface area contributed by atoms with Crippen LogP contribution in [0.2, 0.25) is 0 Å². The van der Waals surface area contributed by atoms with E-state index in [0.29, 0.717) is 6.54 Å². The molecule has 0 atom stereocenters. The maximum Gasteiger partial charge on any atom is 0.240 e. The van der Waals surface area contributed by atoms with Gasteiger partial charge < -0.3 is 15.0 Å². The Morgan fingerprint density at radius 2 is 2.28 bits per heavy atom. The van der Waals surface area contributed by atoms with Crippen LogP contribution in [-0.4, -0.2) is 37.6 Å². The van der Waals surface area contributed by atoms with Crippen LogP contribution in [0.3, 0.4) is 0 Å². The second-order valence-corrected chi connectivity index (χ2v) is 4.50. The molecule has 18 heavy (non-hydrogen) atoms. The number of ether oxygens (including phenoxy) is 1. The van der Waals surface area contributed by atoms with Crippen molar-refractivity contribution in [1.82, 2.24) is 10.2 Å². The molecule has 4 heteroatoms. The van der Waals surface area contributed by atoms with Crippen LogP contribution in [0.5, 0.6) is 5.75 Å². The minimum Gasteiger partial charge on any atom is -0.496 e. The van der Waals surface area contributed by atoms with E-state index in [1.54, 1.807) is 7.11 Å². The van der Waals surface area contributed by atoms with Crippen LogP contribution < -0.4 is 10.1 Å². The lowest BCUT2D eigenvalue weighted by atomic mass is 9.95. The van der Waals surface area contributed by atoms with Gasteiger partial charge in [-0.2, -0.15) is 0 Å². The zero-order chi connectivity index (χ0) is 12.5. The largest absolute Gasteiger partial charge is 0.496 e. The summed E-state index contributed by atoms with van der Waals surface area (Å²) < 4.78 is 5.40. The number of hydrogen-bond donors (Lipinski definition) is 1. The Morgan fingerprint density at radius 1 is 1.39 bits per heavy atom. The van der Waals surface area contributed by atoms with Crippen LogP contribution >= 0.6 is 0 Å². The third-order valence-electron chi connectivity index (χ3n) is 3.52. The molecule has 1 aromatic rings. The van der Waals surface area contributed by atoms with Crippen molar-refractivity contribution in [3.63, 3.8) is 0 Å². The van der Waals surface area contributed by atoms with Gasteiger partial charge in [0.2, 0.25) is 5.91 Å². The summed E-state index contributed by atoms with van der Waals surface area (Å²) in [6.45, 7) is 1.88. The van der Waals surface area contributed by atoms with Crippen LogP contribution in [0.4, 0.5) is 0 Å². The van der Waals surface area contributed by atoms with Crippen LogP contribution in [0.25, 0.3) is 5.70 Å². The third kappa shape index (κ3) is 1.69. The fourth-order valence-corrected chi connectivity index (χ4v) is 2.67. The molecule has 2 heterocycles. The molecule has 4 nitrogen and oxygen atoms in total. The number of methoxy groups -OCH3 is 1. The molecule has 0 aromatic heterocycles. The summed E-state index contributed by atoms with van der Waals surface area (Å²) in [5.41, 5.74) is 3.35. The molecular formula is C14H16N2O2. The third-order valence-corrected chi connectivity index (χ3v) is 3.52. The molecule has 2 aliphatic rings. The molecular weight excluding hydrogens is 228 g/mol. The van der Waals surface area contributed by atoms with Gasteiger partial charge in [0.05, 0.1) is 13.7 Å². The van der Waals surface area contributed by atoms with Gasteiger partial charge in [-0.3, -0.25) is 4.79 Å². The monoisotopic (exact) mass is 244 g/mol. The molecule has 1 N–H and O–H groups in total. The first kappa shape index (κ1) is 11.3. The average Bonchev–Trinajstić information content (AvgIpc) is 2.60. The number of nitrogens with zero attached hydrogens (tertiary/aromatic N) is 1. The van der Waals surface area contributed by atoms with Gasteiger partial charge in [0.25, 0.3) is 0 Å². The van der Waals surface area contributed by atoms with Crippen molar-refractivity contribution in [2.75, 3.05) is 26.7 Å². The number of carbonyl (C=O) groups excluding carboxylic acids is 1. The predicted octanol–water partition coefficient (Wildman–Crippen LogP) is 1.02. The number of nitrogens with one attached hydrogen (secondary N) is 1. The highest BCUT2D eigenvalue weighted by molar-refractivity contribution is 5.90. The number of carbonyl (C=O) groups is 1. The molecule has 0 fully saturated rings. The van der Waals surface area contributed by atoms with Gasteiger partial charge in [-0.25, -0.2) is 0 Å². The highest BCUT2D eigenvalue weighted by Crippen LogP contribution is 2.34. The standard InChI is InChI=1S/C14H16N2O2/c1-18-13-4-2-3-10-11(13)6-8-16-12(10)5-7-15-9-14(16)17/h2-5,15H,6-9H2,1H3. The molecule has 0 aliphatic carbocycles. The zero-order valence-electron chi connectivity index (χ0n) is 10.4. The number of rotatable bonds is 1. The smallest absolute Gasteiger partial charge is 0.240 e. The Hall–Kier alpha value is -1.81. The minimum absolute atomic E-state index is 0.146. The van der Waals surface area contributed by atoms with E-state index in [1.807, 2.05) is 17.0 Å². The number of amides is 1. The molecule has 0 radical (unpaired) electrons. The Labute approximate surface area is 106 Å². The Bertz CT molecular complexity index is 523. The highest BCUT2D eigenvalue weighted by Gasteiger charge is 2.28. The van der Waals surface area contributed by atoms with Crippen molar-refractivity contribution in [2.24, 2.45) is 0 Å². The summed E-state index contributed by atoms with van der Waals surface area (Å²) in [6, 6.07) is 6.02. The summed E-state index contributed by atoms with van der Waals surface area (Å²) >= 11 is 0. The molecule has 0 spiro atoms. The quantitative estimate of drug-likeness (QED) is 0.802. The van der Waals surface area contributed by atoms with Crippen molar-refractivity contribution < 1.29 is 9.53 Å². The predicted molar refractivity (Wildman–Crippen MR) is 69.3 cm³/mol. The molecule has 0 saturated carbocycles. The highest BCUT2D eigenvalue weighted by atomic mass is 16.5. The molecule has 94 valence electrons. The van der Waals surface area contributed by atoms with E-state index in [4.69, 9.17) is 4.74 Å². The van der Waals surface area contributed by atoms with E-state index >= 15 is 0 Å². The van der Waals surface area contributed by atoms with Gasteiger partial charge in [0, 0.05) is 29.9 Å². The van der Waals surface area contributed by atoms with Crippen LogP contribution in [0, 0.1) is 0 Å². The van der Waals surface area contributed by atoms with E-state index in [-0.39, 0.29) is 5.91 Å². The summed E-state index contributed by atoms with van der Waals surface area (Å²) in [4.78, 5) is 13.9. The van der Waals surface area contributed by atoms with Crippen LogP contribution in [0.15, 0.2) is 24.3 Å². The summed E-state index contributed by atoms with van der Waals surface area (Å²) in [5, 5.41) is 3.11. The van der Waals surface area contributed by atoms with Crippen LogP contribution in [0.1, 0.15) is 11.1 Å². The molecule has 1 amide bonds. The maximum absolute atomic E-state index is 12.0. The molecule has 0 saturated heterocycles. The van der Waals surface area contributed by atoms with Crippen molar-refractivity contribution in [3.05, 3.63) is 35.4 Å². The van der Waals surface area contributed by atoms with Crippen molar-refractivity contribution in [3.8, 4) is 5.75 Å². The second-order valence-electron chi connectivity index (χ2n) is 4.50. The first-order valence-electron chi connectivity index (χ1n) is 6.19. The number of fused-ring (bicyclic) bond motifs is 3. The average molecular weight is 244 g/mol. The van der Waals surface area contributed by atoms with E-state index in [2.05, 4.69) is 17.5 Å². The Kier molecular flexibility index (Phi) is 2.80. The molecule has 1 aromatic carbocycles. The number of hydrogen-bond acceptors (Lipinski definition) is 3. The van der Waals surface area contributed by atoms with Gasteiger partial charge in [-0.15, -0.1) is 0 Å². The van der Waals surface area contributed by atoms with Gasteiger partial charge in [-0.05, 0) is 18.6 Å². The first-order valence-corrected chi connectivity index (χ1v) is 6.19. The minimum atomic E-state index is 0.146. The van der Waals surface area contributed by atoms with E-state index in [9.17, 15) is 4.79 Å². The van der Waals surface area contributed by atoms with Crippen molar-refractivity contribution in [1.29, 1.82) is 0 Å². The van der Waals surface area contributed by atoms with Crippen molar-refractivity contribution >= 4 is 11.6 Å². The van der Waals surface area contributed by atoms with Gasteiger partial charge in [0.15, 0.2) is 0 Å². The Balaban J connectivity index is 2.11. The number of benzene rings is 1. The molecule has 2 aliphatic heterocycles. The topological polar surface area (TPSA) is 41.6 Å². The summed E-state index contributed by atoms with van der Waals surface area (Å²) in [6.07, 6.45) is 2.94. The first-order chi connectivity index (χ1) is 8.81. The molecule has 0 unspecified atom stereocenters. The van der Waals surface area contributed by atoms with Gasteiger partial charge >= 0.3 is 0 Å². The normalized spacial score (nSPS) is 18.6. The molecule has 0 bridgehead atoms. The van der Waals surface area contributed by atoms with Crippen LogP contribution in [-0.2, 0) is 11.2 Å². The van der Waals surface area contributed by atoms with E-state index in [0.717, 1.165) is 36.5 Å². The van der Waals surface area contributed by atoms with Gasteiger partial charge in [-0.1, -0.05) is 12.1 Å². The van der Waals surface area contributed by atoms with Crippen molar-refractivity contribution in [2.45, 2.75) is 6.42 Å². The lowest BCUT2D eigenvalue weighted by Crippen LogP contribution is -2.38. The van der Waals surface area contributed by atoms with E-state index in [1.165, 1.54) is 5.56 Å². The van der Waals surface area contributed by atoms with Gasteiger partial charge in [0.1, 0.15) is 5.75 Å². The zero-order valence-corrected chi connectivity index (χ0v) is 10.4. The molecule has 3 rings (SSSR count). The summed E-state index contributed by atoms with van der Waals surface area (Å²) in [7, 11) is 1.69. The lowest BCUT2D eigenvalue weighted by molar-refractivity contribution is -0.126. The maximum atomic E-state index is 12.0. The lowest BCUT2D eigenvalue weighted by Gasteiger charge is -2.31. The fourth-order valence-electron chi connectivity index (χ4n) is 2.67. The van der Waals surface area contributed by atoms with E-state index < -0.39 is 0 Å². The fraction of sp³-hybridized carbons (Fsp3) is 0.357. The summed E-state index contributed by atoms with van der Waals surface area (Å²) in [5.74, 6) is 1.06. The Morgan fingerprint density at radius 3 is 3.11 bits per heavy atom. The second kappa shape index (κ2) is 4.46.